The van der Waals surface area contributed by atoms with Gasteiger partial charge in [0.1, 0.15) is 0 Å². The quantitative estimate of drug-likeness (QED) is 0.726. The molecule has 94 valence electrons. The van der Waals surface area contributed by atoms with Crippen molar-refractivity contribution in [3.8, 4) is 0 Å². The Kier molecular flexibility index (Phi) is 6.29. The molecule has 1 aliphatic carbocycles. The summed E-state index contributed by atoms with van der Waals surface area (Å²) in [6.07, 6.45) is 9.11. The van der Waals surface area contributed by atoms with Crippen LogP contribution in [0.2, 0.25) is 0 Å². The van der Waals surface area contributed by atoms with E-state index in [9.17, 15) is 0 Å². The van der Waals surface area contributed by atoms with Crippen LogP contribution < -0.4 is 5.73 Å². The Labute approximate surface area is 106 Å². The van der Waals surface area contributed by atoms with Gasteiger partial charge in [-0.15, -0.1) is 0 Å². The van der Waals surface area contributed by atoms with Gasteiger partial charge in [-0.25, -0.2) is 0 Å². The average Bonchev–Trinajstić information content (AvgIpc) is 2.26. The second kappa shape index (κ2) is 7.23. The molecule has 0 aromatic carbocycles. The molecule has 1 atom stereocenters. The van der Waals surface area contributed by atoms with Gasteiger partial charge in [-0.2, -0.15) is 0 Å². The molecular weight excluding hydrogens is 216 g/mol. The van der Waals surface area contributed by atoms with Crippen molar-refractivity contribution in [3.63, 3.8) is 0 Å². The topological polar surface area (TPSA) is 29.3 Å². The minimum absolute atomic E-state index is 0.541. The summed E-state index contributed by atoms with van der Waals surface area (Å²) in [5.41, 5.74) is 5.64. The molecule has 1 unspecified atom stereocenters. The van der Waals surface area contributed by atoms with Gasteiger partial charge in [-0.1, -0.05) is 38.4 Å². The summed E-state index contributed by atoms with van der Waals surface area (Å²) in [5, 5.41) is 0. The van der Waals surface area contributed by atoms with Crippen LogP contribution in [0.4, 0.5) is 0 Å². The van der Waals surface area contributed by atoms with Crippen LogP contribution in [0.3, 0.4) is 0 Å². The summed E-state index contributed by atoms with van der Waals surface area (Å²) in [7, 11) is 2.22. The van der Waals surface area contributed by atoms with Crippen LogP contribution in [0.15, 0.2) is 0 Å². The van der Waals surface area contributed by atoms with Gasteiger partial charge >= 0.3 is 0 Å². The first-order chi connectivity index (χ1) is 7.63. The highest BCUT2D eigenvalue weighted by molar-refractivity contribution is 7.80. The van der Waals surface area contributed by atoms with E-state index in [0.29, 0.717) is 11.0 Å². The van der Waals surface area contributed by atoms with Crippen LogP contribution in [0.5, 0.6) is 0 Å². The minimum atomic E-state index is 0.541. The van der Waals surface area contributed by atoms with Crippen molar-refractivity contribution in [3.05, 3.63) is 0 Å². The summed E-state index contributed by atoms with van der Waals surface area (Å²) < 4.78 is 0. The predicted molar refractivity (Wildman–Crippen MR) is 74.7 cm³/mol. The molecule has 3 heteroatoms. The lowest BCUT2D eigenvalue weighted by Gasteiger charge is -2.32. The average molecular weight is 242 g/mol. The monoisotopic (exact) mass is 242 g/mol. The van der Waals surface area contributed by atoms with Crippen molar-refractivity contribution < 1.29 is 0 Å². The zero-order valence-electron chi connectivity index (χ0n) is 10.7. The highest BCUT2D eigenvalue weighted by Crippen LogP contribution is 2.25. The Bertz CT molecular complexity index is 212. The van der Waals surface area contributed by atoms with Crippen molar-refractivity contribution in [2.45, 2.75) is 57.9 Å². The maximum absolute atomic E-state index is 5.64. The van der Waals surface area contributed by atoms with Crippen molar-refractivity contribution >= 4 is 17.2 Å². The van der Waals surface area contributed by atoms with Gasteiger partial charge in [0.25, 0.3) is 0 Å². The van der Waals surface area contributed by atoms with Crippen LogP contribution >= 0.6 is 12.2 Å². The van der Waals surface area contributed by atoms with Crippen molar-refractivity contribution in [2.24, 2.45) is 11.7 Å². The first kappa shape index (κ1) is 13.9. The fraction of sp³-hybridized carbons (Fsp3) is 0.923. The number of nitrogens with zero attached hydrogens (tertiary/aromatic N) is 1. The van der Waals surface area contributed by atoms with Gasteiger partial charge in [0, 0.05) is 19.0 Å². The molecule has 1 fully saturated rings. The largest absolute Gasteiger partial charge is 0.393 e. The molecule has 1 rings (SSSR count). The minimum Gasteiger partial charge on any atom is -0.393 e. The fourth-order valence-electron chi connectivity index (χ4n) is 2.77. The van der Waals surface area contributed by atoms with E-state index < -0.39 is 0 Å². The lowest BCUT2D eigenvalue weighted by atomic mass is 9.88. The van der Waals surface area contributed by atoms with Crippen LogP contribution in [0.1, 0.15) is 51.9 Å². The summed E-state index contributed by atoms with van der Waals surface area (Å²) in [5.74, 6) is 0.902. The van der Waals surface area contributed by atoms with E-state index in [1.807, 2.05) is 0 Å². The van der Waals surface area contributed by atoms with Gasteiger partial charge in [-0.3, -0.25) is 0 Å². The smallest absolute Gasteiger partial charge is 0.0743 e. The number of thiocarbonyl (C=S) groups is 1. The molecule has 16 heavy (non-hydrogen) atoms. The molecule has 2 N–H and O–H groups in total. The van der Waals surface area contributed by atoms with Gasteiger partial charge in [0.05, 0.1) is 4.99 Å². The standard InChI is InChI=1S/C13H26N2S/c1-3-12(9-13(14)16)15(2)10-11-7-5-4-6-8-11/h11-12H,3-10H2,1-2H3,(H2,14,16). The zero-order valence-corrected chi connectivity index (χ0v) is 11.6. The summed E-state index contributed by atoms with van der Waals surface area (Å²) in [6.45, 7) is 3.45. The molecule has 0 bridgehead atoms. The van der Waals surface area contributed by atoms with E-state index in [0.717, 1.165) is 18.8 Å². The fourth-order valence-corrected chi connectivity index (χ4v) is 2.96. The van der Waals surface area contributed by atoms with Crippen LogP contribution in [-0.2, 0) is 0 Å². The Morgan fingerprint density at radius 2 is 2.00 bits per heavy atom. The first-order valence-corrected chi connectivity index (χ1v) is 7.02. The molecule has 0 amide bonds. The van der Waals surface area contributed by atoms with Gasteiger partial charge < -0.3 is 10.6 Å². The normalized spacial score (nSPS) is 19.9. The number of hydrogen-bond acceptors (Lipinski definition) is 2. The van der Waals surface area contributed by atoms with E-state index >= 15 is 0 Å². The Balaban J connectivity index is 2.35. The van der Waals surface area contributed by atoms with Gasteiger partial charge in [0.15, 0.2) is 0 Å². The third-order valence-corrected chi connectivity index (χ3v) is 3.97. The molecule has 0 aromatic heterocycles. The second-order valence-corrected chi connectivity index (χ2v) is 5.70. The van der Waals surface area contributed by atoms with Crippen molar-refractivity contribution in [1.82, 2.24) is 4.90 Å². The van der Waals surface area contributed by atoms with Gasteiger partial charge in [0.2, 0.25) is 0 Å². The molecule has 0 saturated heterocycles. The summed E-state index contributed by atoms with van der Waals surface area (Å²) in [4.78, 5) is 3.12. The molecule has 0 aliphatic heterocycles. The SMILES string of the molecule is CCC(CC(N)=S)N(C)CC1CCCCC1. The lowest BCUT2D eigenvalue weighted by molar-refractivity contribution is 0.181. The molecule has 0 aromatic rings. The van der Waals surface area contributed by atoms with Crippen molar-refractivity contribution in [1.29, 1.82) is 0 Å². The van der Waals surface area contributed by atoms with Crippen LogP contribution in [-0.4, -0.2) is 29.5 Å². The van der Waals surface area contributed by atoms with E-state index in [-0.39, 0.29) is 0 Å². The Hall–Kier alpha value is -0.150. The maximum atomic E-state index is 5.64. The molecule has 2 nitrogen and oxygen atoms in total. The Morgan fingerprint density at radius 3 is 2.50 bits per heavy atom. The first-order valence-electron chi connectivity index (χ1n) is 6.62. The zero-order chi connectivity index (χ0) is 12.0. The highest BCUT2D eigenvalue weighted by atomic mass is 32.1. The highest BCUT2D eigenvalue weighted by Gasteiger charge is 2.19. The van der Waals surface area contributed by atoms with Crippen molar-refractivity contribution in [2.75, 3.05) is 13.6 Å². The maximum Gasteiger partial charge on any atom is 0.0743 e. The molecule has 0 radical (unpaired) electrons. The van der Waals surface area contributed by atoms with E-state index in [4.69, 9.17) is 18.0 Å². The van der Waals surface area contributed by atoms with E-state index in [1.165, 1.54) is 38.6 Å². The van der Waals surface area contributed by atoms with E-state index in [1.54, 1.807) is 0 Å². The number of nitrogens with two attached hydrogens (primary N) is 1. The molecule has 0 spiro atoms. The molecule has 1 aliphatic rings. The second-order valence-electron chi connectivity index (χ2n) is 5.18. The Morgan fingerprint density at radius 1 is 1.38 bits per heavy atom. The summed E-state index contributed by atoms with van der Waals surface area (Å²) >= 11 is 5.01. The van der Waals surface area contributed by atoms with Crippen LogP contribution in [0.25, 0.3) is 0 Å². The third kappa shape index (κ3) is 4.79. The number of hydrogen-bond donors (Lipinski definition) is 1. The predicted octanol–water partition coefficient (Wildman–Crippen LogP) is 2.95. The van der Waals surface area contributed by atoms with E-state index in [2.05, 4.69) is 18.9 Å². The molecule has 1 saturated carbocycles. The van der Waals surface area contributed by atoms with Gasteiger partial charge in [-0.05, 0) is 32.2 Å². The van der Waals surface area contributed by atoms with Crippen LogP contribution in [0, 0.1) is 5.92 Å². The molecular formula is C13H26N2S. The number of rotatable bonds is 6. The lowest BCUT2D eigenvalue weighted by Crippen LogP contribution is -2.38. The molecule has 0 heterocycles. The summed E-state index contributed by atoms with van der Waals surface area (Å²) in [6, 6.07) is 0.541. The third-order valence-electron chi connectivity index (χ3n) is 3.80.